The van der Waals surface area contributed by atoms with Crippen LogP contribution in [0.1, 0.15) is 22.3 Å². The van der Waals surface area contributed by atoms with Crippen molar-refractivity contribution in [2.45, 2.75) is 15.2 Å². The van der Waals surface area contributed by atoms with Gasteiger partial charge in [-0.2, -0.15) is 0 Å². The lowest BCUT2D eigenvalue weighted by atomic mass is 9.64. The van der Waals surface area contributed by atoms with E-state index in [1.807, 2.05) is 66.4 Å². The van der Waals surface area contributed by atoms with Gasteiger partial charge < -0.3 is 4.42 Å². The lowest BCUT2D eigenvalue weighted by molar-refractivity contribution is 0.669. The molecule has 10 rings (SSSR count). The van der Waals surface area contributed by atoms with Crippen molar-refractivity contribution in [1.82, 2.24) is 15.0 Å². The highest BCUT2D eigenvalue weighted by Gasteiger charge is 2.44. The molecule has 0 saturated carbocycles. The van der Waals surface area contributed by atoms with Crippen molar-refractivity contribution in [2.75, 3.05) is 0 Å². The average Bonchev–Trinajstić information content (AvgIpc) is 3.58. The van der Waals surface area contributed by atoms with Crippen molar-refractivity contribution >= 4 is 33.7 Å². The Morgan fingerprint density at radius 2 is 0.922 bits per heavy atom. The first-order valence-electron chi connectivity index (χ1n) is 17.0. The quantitative estimate of drug-likeness (QED) is 0.182. The fraction of sp³-hybridized carbons (Fsp3) is 0.0217. The van der Waals surface area contributed by atoms with Crippen molar-refractivity contribution in [2.24, 2.45) is 0 Å². The van der Waals surface area contributed by atoms with E-state index in [0.29, 0.717) is 17.5 Å². The molecule has 1 aliphatic rings. The second-order valence-corrected chi connectivity index (χ2v) is 13.9. The Labute approximate surface area is 299 Å². The molecule has 0 N–H and O–H groups in total. The first kappa shape index (κ1) is 29.6. The Bertz CT molecular complexity index is 2690. The Hall–Kier alpha value is -6.30. The van der Waals surface area contributed by atoms with Crippen molar-refractivity contribution in [3.63, 3.8) is 0 Å². The van der Waals surface area contributed by atoms with E-state index in [2.05, 4.69) is 121 Å². The van der Waals surface area contributed by atoms with Crippen LogP contribution in [-0.2, 0) is 5.41 Å². The fourth-order valence-corrected chi connectivity index (χ4v) is 8.73. The van der Waals surface area contributed by atoms with Gasteiger partial charge in [0.2, 0.25) is 0 Å². The van der Waals surface area contributed by atoms with Gasteiger partial charge in [-0.1, -0.05) is 151 Å². The number of hydrogen-bond acceptors (Lipinski definition) is 5. The van der Waals surface area contributed by atoms with E-state index in [9.17, 15) is 0 Å². The zero-order valence-electron chi connectivity index (χ0n) is 27.4. The molecule has 0 atom stereocenters. The third kappa shape index (κ3) is 4.81. The SMILES string of the molecule is c1ccc(-c2nc(-c3ccc4c(c3)C(c3ccccc3)(c3ccccc3)c3ccccc3S4)nc(-c3ccc4c(c3)oc3ccccc34)n2)cc1. The maximum atomic E-state index is 6.27. The Morgan fingerprint density at radius 3 is 1.65 bits per heavy atom. The zero-order valence-corrected chi connectivity index (χ0v) is 28.2. The van der Waals surface area contributed by atoms with E-state index in [1.54, 1.807) is 0 Å². The van der Waals surface area contributed by atoms with E-state index in [1.165, 1.54) is 32.0 Å². The number of hydrogen-bond donors (Lipinski definition) is 0. The molecule has 5 heteroatoms. The van der Waals surface area contributed by atoms with Gasteiger partial charge in [0, 0.05) is 37.3 Å². The van der Waals surface area contributed by atoms with Crippen LogP contribution in [0.5, 0.6) is 0 Å². The minimum absolute atomic E-state index is 0.555. The number of furan rings is 1. The standard InChI is InChI=1S/C46H29N3OS/c1-4-14-30(15-5-1)43-47-44(49-45(48-43)32-24-26-36-35-20-10-12-22-39(35)50-40(36)29-32)31-25-27-42-38(28-31)46(33-16-6-2-7-17-33,34-18-8-3-9-19-34)37-21-11-13-23-41(37)51-42/h1-29H. The molecule has 0 spiro atoms. The van der Waals surface area contributed by atoms with Gasteiger partial charge >= 0.3 is 0 Å². The zero-order chi connectivity index (χ0) is 33.8. The molecule has 51 heavy (non-hydrogen) atoms. The molecule has 0 radical (unpaired) electrons. The van der Waals surface area contributed by atoms with Crippen LogP contribution in [0.25, 0.3) is 56.1 Å². The molecular formula is C46H29N3OS. The minimum atomic E-state index is -0.555. The lowest BCUT2D eigenvalue weighted by Crippen LogP contribution is -2.34. The van der Waals surface area contributed by atoms with Crippen molar-refractivity contribution < 1.29 is 4.42 Å². The second-order valence-electron chi connectivity index (χ2n) is 12.8. The third-order valence-corrected chi connectivity index (χ3v) is 11.0. The molecule has 2 aromatic heterocycles. The summed E-state index contributed by atoms with van der Waals surface area (Å²) in [6, 6.07) is 61.7. The van der Waals surface area contributed by atoms with Gasteiger partial charge in [-0.25, -0.2) is 15.0 Å². The Morgan fingerprint density at radius 1 is 0.392 bits per heavy atom. The van der Waals surface area contributed by atoms with E-state index < -0.39 is 5.41 Å². The smallest absolute Gasteiger partial charge is 0.164 e. The molecule has 0 unspecified atom stereocenters. The molecule has 0 saturated heterocycles. The second kappa shape index (κ2) is 11.9. The van der Waals surface area contributed by atoms with Crippen LogP contribution in [0.3, 0.4) is 0 Å². The van der Waals surface area contributed by atoms with E-state index >= 15 is 0 Å². The summed E-state index contributed by atoms with van der Waals surface area (Å²) in [6.07, 6.45) is 0. The van der Waals surface area contributed by atoms with E-state index in [-0.39, 0.29) is 0 Å². The lowest BCUT2D eigenvalue weighted by Gasteiger charge is -2.42. The monoisotopic (exact) mass is 671 g/mol. The summed E-state index contributed by atoms with van der Waals surface area (Å²) in [7, 11) is 0. The first-order chi connectivity index (χ1) is 25.3. The molecule has 0 amide bonds. The van der Waals surface area contributed by atoms with Gasteiger partial charge in [-0.3, -0.25) is 0 Å². The number of para-hydroxylation sites is 1. The summed E-state index contributed by atoms with van der Waals surface area (Å²) in [5.74, 6) is 1.83. The van der Waals surface area contributed by atoms with Crippen LogP contribution >= 0.6 is 11.8 Å². The summed E-state index contributed by atoms with van der Waals surface area (Å²) in [5.41, 5.74) is 8.72. The molecule has 0 fully saturated rings. The Balaban J connectivity index is 1.21. The van der Waals surface area contributed by atoms with Crippen LogP contribution in [0, 0.1) is 0 Å². The third-order valence-electron chi connectivity index (χ3n) is 9.87. The van der Waals surface area contributed by atoms with Gasteiger partial charge in [0.05, 0.1) is 5.41 Å². The largest absolute Gasteiger partial charge is 0.456 e. The van der Waals surface area contributed by atoms with Crippen LogP contribution in [0.2, 0.25) is 0 Å². The highest BCUT2D eigenvalue weighted by molar-refractivity contribution is 7.99. The maximum Gasteiger partial charge on any atom is 0.164 e. The Kier molecular flexibility index (Phi) is 6.93. The average molecular weight is 672 g/mol. The number of nitrogens with zero attached hydrogens (tertiary/aromatic N) is 3. The number of aromatic nitrogens is 3. The molecule has 3 heterocycles. The number of rotatable bonds is 5. The number of benzene rings is 7. The van der Waals surface area contributed by atoms with Crippen LogP contribution in [-0.4, -0.2) is 15.0 Å². The summed E-state index contributed by atoms with van der Waals surface area (Å²) < 4.78 is 6.27. The van der Waals surface area contributed by atoms with Crippen LogP contribution in [0.15, 0.2) is 190 Å². The normalized spacial score (nSPS) is 13.2. The van der Waals surface area contributed by atoms with Crippen molar-refractivity contribution in [1.29, 1.82) is 0 Å². The molecule has 240 valence electrons. The molecule has 0 aliphatic carbocycles. The van der Waals surface area contributed by atoms with Gasteiger partial charge in [-0.15, -0.1) is 0 Å². The highest BCUT2D eigenvalue weighted by Crippen LogP contribution is 2.56. The van der Waals surface area contributed by atoms with Gasteiger partial charge in [0.1, 0.15) is 11.2 Å². The van der Waals surface area contributed by atoms with E-state index in [0.717, 1.165) is 38.6 Å². The summed E-state index contributed by atoms with van der Waals surface area (Å²) in [6.45, 7) is 0. The predicted molar refractivity (Wildman–Crippen MR) is 206 cm³/mol. The molecule has 4 nitrogen and oxygen atoms in total. The van der Waals surface area contributed by atoms with Crippen LogP contribution < -0.4 is 0 Å². The van der Waals surface area contributed by atoms with Crippen LogP contribution in [0.4, 0.5) is 0 Å². The van der Waals surface area contributed by atoms with Gasteiger partial charge in [-0.05, 0) is 58.7 Å². The maximum absolute atomic E-state index is 6.27. The molecular weight excluding hydrogens is 643 g/mol. The highest BCUT2D eigenvalue weighted by atomic mass is 32.2. The van der Waals surface area contributed by atoms with Crippen molar-refractivity contribution in [3.05, 3.63) is 198 Å². The molecule has 1 aliphatic heterocycles. The predicted octanol–water partition coefficient (Wildman–Crippen LogP) is 11.6. The van der Waals surface area contributed by atoms with Crippen molar-refractivity contribution in [3.8, 4) is 34.2 Å². The first-order valence-corrected chi connectivity index (χ1v) is 17.8. The van der Waals surface area contributed by atoms with Gasteiger partial charge in [0.25, 0.3) is 0 Å². The van der Waals surface area contributed by atoms with E-state index in [4.69, 9.17) is 19.4 Å². The number of fused-ring (bicyclic) bond motifs is 5. The minimum Gasteiger partial charge on any atom is -0.456 e. The fourth-order valence-electron chi connectivity index (χ4n) is 7.56. The molecule has 9 aromatic rings. The topological polar surface area (TPSA) is 51.8 Å². The summed E-state index contributed by atoms with van der Waals surface area (Å²) in [5, 5.41) is 2.16. The molecule has 0 bridgehead atoms. The summed E-state index contributed by atoms with van der Waals surface area (Å²) in [4.78, 5) is 17.8. The van der Waals surface area contributed by atoms with Gasteiger partial charge in [0.15, 0.2) is 17.5 Å². The summed E-state index contributed by atoms with van der Waals surface area (Å²) >= 11 is 1.82. The molecule has 7 aromatic carbocycles.